The highest BCUT2D eigenvalue weighted by molar-refractivity contribution is 6.63. The average molecular weight is 595 g/mol. The van der Waals surface area contributed by atoms with Crippen LogP contribution in [-0.2, 0) is 0 Å². The first-order chi connectivity index (χ1) is 21.2. The van der Waals surface area contributed by atoms with Crippen LogP contribution < -0.4 is 0 Å². The maximum Gasteiger partial charge on any atom is 0.149 e. The summed E-state index contributed by atoms with van der Waals surface area (Å²) in [5.74, 6) is 2.95. The number of rotatable bonds is 3. The van der Waals surface area contributed by atoms with Crippen LogP contribution in [0.25, 0.3) is 0 Å². The Bertz CT molecular complexity index is 702. The van der Waals surface area contributed by atoms with Gasteiger partial charge in [-0.1, -0.05) is 165 Å². The largest absolute Gasteiger partial charge is 0.301 e. The van der Waals surface area contributed by atoms with E-state index in [1.54, 1.807) is 19.3 Å². The molecule has 6 atom stereocenters. The summed E-state index contributed by atoms with van der Waals surface area (Å²) in [6.45, 7) is 1.00. The maximum absolute atomic E-state index is 3.02. The third-order valence-corrected chi connectivity index (χ3v) is 14.1. The first kappa shape index (κ1) is 34.3. The lowest BCUT2D eigenvalue weighted by molar-refractivity contribution is 0.118. The second-order valence-electron chi connectivity index (χ2n) is 16.9. The van der Waals surface area contributed by atoms with Crippen LogP contribution in [0.2, 0.25) is 17.5 Å². The van der Waals surface area contributed by atoms with Crippen molar-refractivity contribution >= 4 is 6.71 Å². The van der Waals surface area contributed by atoms with E-state index in [1.807, 2.05) is 0 Å². The molecule has 5 fully saturated rings. The average Bonchev–Trinajstić information content (AvgIpc) is 3.00. The topological polar surface area (TPSA) is 6.48 Å². The molecule has 4 bridgehead atoms. The molecular formula is C40H75BN2. The smallest absolute Gasteiger partial charge is 0.149 e. The van der Waals surface area contributed by atoms with Gasteiger partial charge in [0, 0.05) is 24.2 Å². The molecule has 0 radical (unpaired) electrons. The first-order valence-corrected chi connectivity index (χ1v) is 20.6. The first-order valence-electron chi connectivity index (χ1n) is 20.6. The van der Waals surface area contributed by atoms with E-state index >= 15 is 0 Å². The van der Waals surface area contributed by atoms with Crippen molar-refractivity contribution in [3.63, 3.8) is 0 Å². The fraction of sp³-hybridized carbons (Fsp3) is 1.00. The maximum atomic E-state index is 3.02. The highest BCUT2D eigenvalue weighted by Gasteiger charge is 2.44. The summed E-state index contributed by atoms with van der Waals surface area (Å²) in [6.07, 6.45) is 46.6. The van der Waals surface area contributed by atoms with Crippen molar-refractivity contribution in [2.45, 2.75) is 241 Å². The summed E-state index contributed by atoms with van der Waals surface area (Å²) in [6, 6.07) is 3.40. The second-order valence-corrected chi connectivity index (χ2v) is 16.9. The molecule has 5 aliphatic rings. The van der Waals surface area contributed by atoms with E-state index in [2.05, 4.69) is 23.9 Å². The van der Waals surface area contributed by atoms with Crippen LogP contribution in [-0.4, -0.2) is 54.8 Å². The minimum atomic E-state index is 0.839. The van der Waals surface area contributed by atoms with Crippen LogP contribution in [0, 0.1) is 0 Å². The third kappa shape index (κ3) is 10.5. The fourth-order valence-electron chi connectivity index (χ4n) is 11.5. The summed E-state index contributed by atoms with van der Waals surface area (Å²) in [7, 11) is 5.19. The van der Waals surface area contributed by atoms with Crippen molar-refractivity contribution in [1.29, 1.82) is 0 Å². The van der Waals surface area contributed by atoms with Crippen molar-refractivity contribution in [1.82, 2.24) is 9.80 Å². The summed E-state index contributed by atoms with van der Waals surface area (Å²) in [5.41, 5.74) is 0. The fourth-order valence-corrected chi connectivity index (χ4v) is 11.5. The quantitative estimate of drug-likeness (QED) is 0.300. The molecule has 0 aromatic heterocycles. The van der Waals surface area contributed by atoms with Crippen molar-refractivity contribution in [2.75, 3.05) is 14.1 Å². The molecule has 5 rings (SSSR count). The van der Waals surface area contributed by atoms with E-state index in [4.69, 9.17) is 0 Å². The lowest BCUT2D eigenvalue weighted by atomic mass is 9.24. The zero-order valence-corrected chi connectivity index (χ0v) is 29.4. The molecule has 0 aromatic rings. The predicted octanol–water partition coefficient (Wildman–Crippen LogP) is 12.1. The summed E-state index contributed by atoms with van der Waals surface area (Å²) >= 11 is 0. The molecule has 4 aliphatic carbocycles. The van der Waals surface area contributed by atoms with Crippen molar-refractivity contribution in [3.05, 3.63) is 0 Å². The Morgan fingerprint density at radius 3 is 1.16 bits per heavy atom. The van der Waals surface area contributed by atoms with Gasteiger partial charge in [0.1, 0.15) is 6.71 Å². The molecule has 2 nitrogen and oxygen atoms in total. The van der Waals surface area contributed by atoms with Crippen LogP contribution >= 0.6 is 0 Å². The monoisotopic (exact) mass is 595 g/mol. The van der Waals surface area contributed by atoms with Gasteiger partial charge in [-0.3, -0.25) is 0 Å². The van der Waals surface area contributed by atoms with Crippen molar-refractivity contribution < 1.29 is 0 Å². The Balaban J connectivity index is 1.44. The Hall–Kier alpha value is -0.0151. The van der Waals surface area contributed by atoms with E-state index in [0.29, 0.717) is 0 Å². The zero-order valence-electron chi connectivity index (χ0n) is 29.4. The van der Waals surface area contributed by atoms with Crippen molar-refractivity contribution in [3.8, 4) is 0 Å². The minimum Gasteiger partial charge on any atom is -0.301 e. The molecule has 4 saturated carbocycles. The number of hydrogen-bond acceptors (Lipinski definition) is 2. The van der Waals surface area contributed by atoms with Gasteiger partial charge in [-0.2, -0.15) is 0 Å². The van der Waals surface area contributed by atoms with E-state index in [-0.39, 0.29) is 0 Å². The molecule has 248 valence electrons. The van der Waals surface area contributed by atoms with Gasteiger partial charge in [-0.25, -0.2) is 0 Å². The third-order valence-electron chi connectivity index (χ3n) is 14.1. The highest BCUT2D eigenvalue weighted by atomic mass is 15.2. The zero-order chi connectivity index (χ0) is 29.7. The molecular weight excluding hydrogens is 519 g/mol. The van der Waals surface area contributed by atoms with E-state index < -0.39 is 0 Å². The van der Waals surface area contributed by atoms with Gasteiger partial charge >= 0.3 is 0 Å². The van der Waals surface area contributed by atoms with Crippen molar-refractivity contribution in [2.24, 2.45) is 0 Å². The molecule has 0 aromatic carbocycles. The van der Waals surface area contributed by atoms with Gasteiger partial charge < -0.3 is 9.80 Å². The molecule has 0 amide bonds. The minimum absolute atomic E-state index is 0.839. The Labute approximate surface area is 270 Å². The van der Waals surface area contributed by atoms with Crippen LogP contribution in [0.15, 0.2) is 0 Å². The molecule has 6 unspecified atom stereocenters. The van der Waals surface area contributed by atoms with Crippen LogP contribution in [0.3, 0.4) is 0 Å². The lowest BCUT2D eigenvalue weighted by Crippen LogP contribution is -2.49. The number of nitrogens with zero attached hydrogens (tertiary/aromatic N) is 2. The molecule has 43 heavy (non-hydrogen) atoms. The molecule has 1 heterocycles. The van der Waals surface area contributed by atoms with Gasteiger partial charge in [0.05, 0.1) is 0 Å². The van der Waals surface area contributed by atoms with Gasteiger partial charge in [-0.15, -0.1) is 0 Å². The normalized spacial score (nSPS) is 36.5. The van der Waals surface area contributed by atoms with Crippen LogP contribution in [0.4, 0.5) is 0 Å². The Morgan fingerprint density at radius 2 is 0.721 bits per heavy atom. The SMILES string of the molecule is CN(C1CCCCCCC1)C1CCCCCCCC(B2C3CCCCCCCC(C3)N(C)C3CCCCCCCC2C3)C1. The Morgan fingerprint density at radius 1 is 0.395 bits per heavy atom. The van der Waals surface area contributed by atoms with Gasteiger partial charge in [0.15, 0.2) is 0 Å². The molecule has 1 aliphatic heterocycles. The highest BCUT2D eigenvalue weighted by Crippen LogP contribution is 2.50. The molecule has 0 N–H and O–H groups in total. The number of hydrogen-bond donors (Lipinski definition) is 0. The van der Waals surface area contributed by atoms with Crippen LogP contribution in [0.1, 0.15) is 199 Å². The second kappa shape index (κ2) is 19.0. The standard InChI is InChI=1S/C40H75BN2/c1-42(37-26-18-10-6-11-19-27-37)38-28-20-12-3-7-15-23-34(31-38)41-35-24-16-8-4-13-21-29-39(32-35)43(2)40-30-22-14-5-9-17-25-36(41)33-40/h34-40H,3-33H2,1-2H3. The van der Waals surface area contributed by atoms with Gasteiger partial charge in [0.25, 0.3) is 0 Å². The van der Waals surface area contributed by atoms with E-state index in [9.17, 15) is 0 Å². The number of fused-ring (bicyclic) bond motifs is 4. The van der Waals surface area contributed by atoms with E-state index in [0.717, 1.165) is 48.3 Å². The van der Waals surface area contributed by atoms with Gasteiger partial charge in [-0.05, 0) is 65.5 Å². The molecule has 3 heteroatoms. The summed E-state index contributed by atoms with van der Waals surface area (Å²) in [4.78, 5) is 6.01. The summed E-state index contributed by atoms with van der Waals surface area (Å²) < 4.78 is 0. The Kier molecular flexibility index (Phi) is 15.1. The molecule has 0 spiro atoms. The van der Waals surface area contributed by atoms with Gasteiger partial charge in [0.2, 0.25) is 0 Å². The van der Waals surface area contributed by atoms with E-state index in [1.165, 1.54) is 180 Å². The predicted molar refractivity (Wildman–Crippen MR) is 191 cm³/mol. The molecule has 1 saturated heterocycles. The lowest BCUT2D eigenvalue weighted by Gasteiger charge is -2.48. The summed E-state index contributed by atoms with van der Waals surface area (Å²) in [5, 5.41) is 0. The van der Waals surface area contributed by atoms with Crippen LogP contribution in [0.5, 0.6) is 0 Å².